The molecule has 146 valence electrons. The van der Waals surface area contributed by atoms with Gasteiger partial charge in [-0.2, -0.15) is 0 Å². The minimum absolute atomic E-state index is 0.0728. The van der Waals surface area contributed by atoms with Crippen molar-refractivity contribution in [3.63, 3.8) is 0 Å². The van der Waals surface area contributed by atoms with E-state index in [1.54, 1.807) is 32.9 Å². The van der Waals surface area contributed by atoms with Crippen LogP contribution in [0.25, 0.3) is 12.2 Å². The second-order valence-corrected chi connectivity index (χ2v) is 7.27. The fourth-order valence-corrected chi connectivity index (χ4v) is 2.67. The van der Waals surface area contributed by atoms with Crippen molar-refractivity contribution < 1.29 is 23.9 Å². The van der Waals surface area contributed by atoms with Crippen molar-refractivity contribution in [1.29, 1.82) is 0 Å². The number of nitrogens with zero attached hydrogens (tertiary/aromatic N) is 1. The van der Waals surface area contributed by atoms with Gasteiger partial charge in [-0.05, 0) is 50.1 Å². The summed E-state index contributed by atoms with van der Waals surface area (Å²) in [5, 5.41) is 11.4. The summed E-state index contributed by atoms with van der Waals surface area (Å²) >= 11 is 0. The summed E-state index contributed by atoms with van der Waals surface area (Å²) < 4.78 is 16.3. The van der Waals surface area contributed by atoms with E-state index in [0.717, 1.165) is 5.56 Å². The number of fused-ring (bicyclic) bond motifs is 1. The van der Waals surface area contributed by atoms with Crippen molar-refractivity contribution in [2.24, 2.45) is 0 Å². The van der Waals surface area contributed by atoms with E-state index in [0.29, 0.717) is 30.3 Å². The highest BCUT2D eigenvalue weighted by Crippen LogP contribution is 2.31. The van der Waals surface area contributed by atoms with Crippen LogP contribution in [0.5, 0.6) is 11.5 Å². The molecule has 1 heterocycles. The van der Waals surface area contributed by atoms with Gasteiger partial charge in [-0.25, -0.2) is 4.79 Å². The van der Waals surface area contributed by atoms with E-state index in [4.69, 9.17) is 14.2 Å². The highest BCUT2D eigenvalue weighted by molar-refractivity contribution is 5.94. The molecule has 0 fully saturated rings. The molecular formula is C21H21NO6. The van der Waals surface area contributed by atoms with Crippen molar-refractivity contribution in [2.75, 3.05) is 13.2 Å². The predicted molar refractivity (Wildman–Crippen MR) is 105 cm³/mol. The summed E-state index contributed by atoms with van der Waals surface area (Å²) in [5.41, 5.74) is 0.355. The lowest BCUT2D eigenvalue weighted by atomic mass is 10.1. The molecule has 7 heteroatoms. The molecule has 0 saturated carbocycles. The molecule has 0 aromatic heterocycles. The summed E-state index contributed by atoms with van der Waals surface area (Å²) in [7, 11) is 0. The third-order valence-electron chi connectivity index (χ3n) is 3.87. The maximum Gasteiger partial charge on any atom is 0.345 e. The SMILES string of the molecule is CC(C)(C)OC(=O)c1ccc(/C=C/c2ccc3c(c2)OCCO3)cc1[N+](=O)[O-]. The summed E-state index contributed by atoms with van der Waals surface area (Å²) in [6.07, 6.45) is 3.54. The molecule has 0 spiro atoms. The molecule has 28 heavy (non-hydrogen) atoms. The van der Waals surface area contributed by atoms with Gasteiger partial charge in [0, 0.05) is 6.07 Å². The Morgan fingerprint density at radius 1 is 1.04 bits per heavy atom. The van der Waals surface area contributed by atoms with E-state index in [2.05, 4.69) is 0 Å². The van der Waals surface area contributed by atoms with Gasteiger partial charge >= 0.3 is 5.97 Å². The second-order valence-electron chi connectivity index (χ2n) is 7.27. The molecular weight excluding hydrogens is 362 g/mol. The van der Waals surface area contributed by atoms with E-state index in [1.807, 2.05) is 24.3 Å². The molecule has 0 amide bonds. The topological polar surface area (TPSA) is 87.9 Å². The van der Waals surface area contributed by atoms with Crippen molar-refractivity contribution in [3.8, 4) is 11.5 Å². The van der Waals surface area contributed by atoms with Gasteiger partial charge in [0.2, 0.25) is 0 Å². The fraction of sp³-hybridized carbons (Fsp3) is 0.286. The second kappa shape index (κ2) is 7.72. The van der Waals surface area contributed by atoms with Crippen LogP contribution in [0, 0.1) is 10.1 Å². The lowest BCUT2D eigenvalue weighted by Gasteiger charge is -2.19. The molecule has 0 bridgehead atoms. The van der Waals surface area contributed by atoms with Crippen LogP contribution < -0.4 is 9.47 Å². The molecule has 0 aliphatic carbocycles. The number of ether oxygens (including phenoxy) is 3. The van der Waals surface area contributed by atoms with Gasteiger partial charge < -0.3 is 14.2 Å². The molecule has 1 aliphatic heterocycles. The predicted octanol–water partition coefficient (Wildman–Crippen LogP) is 4.49. The van der Waals surface area contributed by atoms with Crippen LogP contribution in [0.1, 0.15) is 42.3 Å². The molecule has 0 unspecified atom stereocenters. The Bertz CT molecular complexity index is 942. The highest BCUT2D eigenvalue weighted by Gasteiger charge is 2.25. The number of carbonyl (C=O) groups is 1. The first kappa shape index (κ1) is 19.4. The van der Waals surface area contributed by atoms with E-state index in [-0.39, 0.29) is 11.3 Å². The molecule has 1 aliphatic rings. The standard InChI is InChI=1S/C21H21NO6/c1-21(2,3)28-20(23)16-8-6-14(12-17(16)22(24)25)4-5-15-7-9-18-19(13-15)27-11-10-26-18/h4-9,12-13H,10-11H2,1-3H3/b5-4+. The first-order chi connectivity index (χ1) is 13.2. The van der Waals surface area contributed by atoms with Gasteiger partial charge in [-0.15, -0.1) is 0 Å². The highest BCUT2D eigenvalue weighted by atomic mass is 16.6. The van der Waals surface area contributed by atoms with Gasteiger partial charge in [-0.1, -0.05) is 24.3 Å². The van der Waals surface area contributed by atoms with Gasteiger partial charge in [0.25, 0.3) is 5.69 Å². The molecule has 3 rings (SSSR count). The Morgan fingerprint density at radius 2 is 1.64 bits per heavy atom. The van der Waals surface area contributed by atoms with Crippen molar-refractivity contribution in [2.45, 2.75) is 26.4 Å². The average Bonchev–Trinajstić information content (AvgIpc) is 2.64. The summed E-state index contributed by atoms with van der Waals surface area (Å²) in [6, 6.07) is 9.94. The largest absolute Gasteiger partial charge is 0.486 e. The molecule has 2 aromatic rings. The summed E-state index contributed by atoms with van der Waals surface area (Å²) in [6.45, 7) is 6.15. The lowest BCUT2D eigenvalue weighted by molar-refractivity contribution is -0.385. The lowest BCUT2D eigenvalue weighted by Crippen LogP contribution is -2.24. The third-order valence-corrected chi connectivity index (χ3v) is 3.87. The number of hydrogen-bond donors (Lipinski definition) is 0. The van der Waals surface area contributed by atoms with Crippen LogP contribution in [0.2, 0.25) is 0 Å². The molecule has 0 radical (unpaired) electrons. The van der Waals surface area contributed by atoms with E-state index in [9.17, 15) is 14.9 Å². The average molecular weight is 383 g/mol. The molecule has 0 atom stereocenters. The molecule has 2 aromatic carbocycles. The fourth-order valence-electron chi connectivity index (χ4n) is 2.67. The van der Waals surface area contributed by atoms with E-state index < -0.39 is 16.5 Å². The van der Waals surface area contributed by atoms with Gasteiger partial charge in [0.05, 0.1) is 4.92 Å². The van der Waals surface area contributed by atoms with Crippen molar-refractivity contribution >= 4 is 23.8 Å². The third kappa shape index (κ3) is 4.68. The van der Waals surface area contributed by atoms with Crippen LogP contribution in [-0.2, 0) is 4.74 Å². The van der Waals surface area contributed by atoms with Crippen molar-refractivity contribution in [1.82, 2.24) is 0 Å². The summed E-state index contributed by atoms with van der Waals surface area (Å²) in [4.78, 5) is 23.1. The van der Waals surface area contributed by atoms with E-state index >= 15 is 0 Å². The maximum absolute atomic E-state index is 12.2. The Hall–Kier alpha value is -3.35. The Labute approximate surface area is 162 Å². The van der Waals surface area contributed by atoms with Crippen LogP contribution >= 0.6 is 0 Å². The summed E-state index contributed by atoms with van der Waals surface area (Å²) in [5.74, 6) is 0.641. The number of nitro groups is 1. The quantitative estimate of drug-likeness (QED) is 0.334. The zero-order valence-corrected chi connectivity index (χ0v) is 15.9. The first-order valence-electron chi connectivity index (χ1n) is 8.82. The Morgan fingerprint density at radius 3 is 2.29 bits per heavy atom. The zero-order chi connectivity index (χ0) is 20.3. The number of benzene rings is 2. The van der Waals surface area contributed by atoms with Crippen LogP contribution in [-0.4, -0.2) is 29.7 Å². The monoisotopic (exact) mass is 383 g/mol. The van der Waals surface area contributed by atoms with Gasteiger partial charge in [0.15, 0.2) is 11.5 Å². The normalized spacial score (nSPS) is 13.4. The van der Waals surface area contributed by atoms with Gasteiger partial charge in [0.1, 0.15) is 24.4 Å². The van der Waals surface area contributed by atoms with Crippen LogP contribution in [0.4, 0.5) is 5.69 Å². The van der Waals surface area contributed by atoms with Crippen LogP contribution in [0.15, 0.2) is 36.4 Å². The molecule has 0 N–H and O–H groups in total. The number of hydrogen-bond acceptors (Lipinski definition) is 6. The number of nitro benzene ring substituents is 1. The van der Waals surface area contributed by atoms with Crippen molar-refractivity contribution in [3.05, 3.63) is 63.2 Å². The Balaban J connectivity index is 1.85. The molecule has 7 nitrogen and oxygen atoms in total. The smallest absolute Gasteiger partial charge is 0.345 e. The minimum Gasteiger partial charge on any atom is -0.486 e. The minimum atomic E-state index is -0.734. The number of esters is 1. The van der Waals surface area contributed by atoms with Gasteiger partial charge in [-0.3, -0.25) is 10.1 Å². The maximum atomic E-state index is 12.2. The number of rotatable bonds is 4. The zero-order valence-electron chi connectivity index (χ0n) is 15.9. The van der Waals surface area contributed by atoms with Crippen LogP contribution in [0.3, 0.4) is 0 Å². The Kier molecular flexibility index (Phi) is 5.35. The first-order valence-corrected chi connectivity index (χ1v) is 8.82. The van der Waals surface area contributed by atoms with E-state index in [1.165, 1.54) is 12.1 Å². The number of carbonyl (C=O) groups excluding carboxylic acids is 1. The molecule has 0 saturated heterocycles.